The molecule has 0 aliphatic heterocycles. The topological polar surface area (TPSA) is 54.7 Å². The van der Waals surface area contributed by atoms with Crippen molar-refractivity contribution in [2.24, 2.45) is 0 Å². The third kappa shape index (κ3) is 0.699. The first-order valence-electron chi connectivity index (χ1n) is 2.78. The Bertz CT molecular complexity index is 252. The first kappa shape index (κ1) is 5.22. The molecule has 0 fully saturated rings. The van der Waals surface area contributed by atoms with Crippen LogP contribution in [0.5, 0.6) is 0 Å². The zero-order chi connectivity index (χ0) is 6.81. The van der Waals surface area contributed by atoms with Gasteiger partial charge in [0.1, 0.15) is 17.7 Å². The van der Waals surface area contributed by atoms with Gasteiger partial charge in [-0.1, -0.05) is 0 Å². The summed E-state index contributed by atoms with van der Waals surface area (Å²) in [6.45, 7) is 0. The fourth-order valence-electron chi connectivity index (χ4n) is 0.705. The van der Waals surface area contributed by atoms with Crippen molar-refractivity contribution >= 4 is 0 Å². The highest BCUT2D eigenvalue weighted by atomic mass is 16.3. The van der Waals surface area contributed by atoms with Gasteiger partial charge in [0.05, 0.1) is 0 Å². The molecule has 2 aromatic rings. The summed E-state index contributed by atoms with van der Waals surface area (Å²) in [5.41, 5.74) is 1.46. The van der Waals surface area contributed by atoms with Gasteiger partial charge in [-0.2, -0.15) is 5.10 Å². The molecule has 0 atom stereocenters. The van der Waals surface area contributed by atoms with Gasteiger partial charge in [-0.05, 0) is 6.07 Å². The van der Waals surface area contributed by atoms with E-state index in [0.717, 1.165) is 5.69 Å². The molecule has 1 N–H and O–H groups in total. The van der Waals surface area contributed by atoms with E-state index in [1.165, 1.54) is 6.26 Å². The standard InChI is InChI=1S/C6H4N3O/c1-2-8-9-5(1)6-3-10-4-7-6/h1-3H,(H,8,9). The van der Waals surface area contributed by atoms with Crippen LogP contribution in [0.2, 0.25) is 0 Å². The molecule has 0 amide bonds. The van der Waals surface area contributed by atoms with Crippen LogP contribution in [0.1, 0.15) is 0 Å². The van der Waals surface area contributed by atoms with Gasteiger partial charge in [0.15, 0.2) is 0 Å². The number of hydrogen-bond donors (Lipinski definition) is 1. The lowest BCUT2D eigenvalue weighted by Gasteiger charge is -1.80. The van der Waals surface area contributed by atoms with E-state index in [1.54, 1.807) is 6.20 Å². The maximum Gasteiger partial charge on any atom is 0.284 e. The Morgan fingerprint density at radius 3 is 3.10 bits per heavy atom. The molecular formula is C6H4N3O. The predicted octanol–water partition coefficient (Wildman–Crippen LogP) is 0.865. The van der Waals surface area contributed by atoms with Gasteiger partial charge in [-0.3, -0.25) is 5.10 Å². The van der Waals surface area contributed by atoms with Gasteiger partial charge in [0.2, 0.25) is 0 Å². The summed E-state index contributed by atoms with van der Waals surface area (Å²) in [5, 5.41) is 6.56. The molecule has 4 heteroatoms. The molecule has 1 radical (unpaired) electrons. The first-order chi connectivity index (χ1) is 4.97. The van der Waals surface area contributed by atoms with E-state index in [4.69, 9.17) is 0 Å². The Morgan fingerprint density at radius 1 is 1.50 bits per heavy atom. The van der Waals surface area contributed by atoms with Gasteiger partial charge < -0.3 is 4.42 Å². The van der Waals surface area contributed by atoms with Crippen LogP contribution in [0.3, 0.4) is 0 Å². The zero-order valence-corrected chi connectivity index (χ0v) is 5.03. The number of aromatic amines is 1. The van der Waals surface area contributed by atoms with E-state index in [0.29, 0.717) is 5.69 Å². The Hall–Kier alpha value is -1.58. The lowest BCUT2D eigenvalue weighted by Crippen LogP contribution is -1.75. The molecule has 0 bridgehead atoms. The molecule has 0 saturated carbocycles. The van der Waals surface area contributed by atoms with Gasteiger partial charge in [0.25, 0.3) is 6.39 Å². The lowest BCUT2D eigenvalue weighted by atomic mass is 10.3. The van der Waals surface area contributed by atoms with E-state index < -0.39 is 0 Å². The highest BCUT2D eigenvalue weighted by Gasteiger charge is 2.00. The molecule has 0 aromatic carbocycles. The highest BCUT2D eigenvalue weighted by Crippen LogP contribution is 2.10. The average Bonchev–Trinajstić information content (AvgIpc) is 2.59. The number of nitrogens with zero attached hydrogens (tertiary/aromatic N) is 2. The minimum absolute atomic E-state index is 0.696. The summed E-state index contributed by atoms with van der Waals surface area (Å²) < 4.78 is 4.65. The molecule has 0 aliphatic carbocycles. The van der Waals surface area contributed by atoms with E-state index in [2.05, 4.69) is 26.0 Å². The molecule has 0 unspecified atom stereocenters. The second-order valence-electron chi connectivity index (χ2n) is 1.78. The molecule has 0 aliphatic rings. The fourth-order valence-corrected chi connectivity index (χ4v) is 0.705. The van der Waals surface area contributed by atoms with Crippen LogP contribution < -0.4 is 0 Å². The molecule has 49 valence electrons. The Balaban J connectivity index is 2.48. The van der Waals surface area contributed by atoms with Crippen LogP contribution in [0.4, 0.5) is 0 Å². The van der Waals surface area contributed by atoms with Crippen molar-refractivity contribution in [3.05, 3.63) is 24.9 Å². The summed E-state index contributed by atoms with van der Waals surface area (Å²) in [5.74, 6) is 0. The van der Waals surface area contributed by atoms with Crippen LogP contribution in [0.15, 0.2) is 22.9 Å². The second kappa shape index (κ2) is 1.98. The molecule has 10 heavy (non-hydrogen) atoms. The van der Waals surface area contributed by atoms with Crippen molar-refractivity contribution in [3.8, 4) is 11.4 Å². The normalized spacial score (nSPS) is 10.0. The van der Waals surface area contributed by atoms with E-state index in [1.807, 2.05) is 6.07 Å². The van der Waals surface area contributed by atoms with Gasteiger partial charge in [0, 0.05) is 6.20 Å². The third-order valence-electron chi connectivity index (χ3n) is 1.15. The SMILES string of the molecule is [c]1nc(-c2cc[nH]n2)co1. The maximum absolute atomic E-state index is 4.65. The molecule has 2 aromatic heterocycles. The monoisotopic (exact) mass is 134 g/mol. The maximum atomic E-state index is 4.65. The summed E-state index contributed by atoms with van der Waals surface area (Å²) in [4.78, 5) is 3.78. The third-order valence-corrected chi connectivity index (χ3v) is 1.15. The minimum Gasteiger partial charge on any atom is -0.440 e. The molecule has 4 nitrogen and oxygen atoms in total. The van der Waals surface area contributed by atoms with Crippen LogP contribution in [0.25, 0.3) is 11.4 Å². The van der Waals surface area contributed by atoms with Crippen molar-refractivity contribution in [3.63, 3.8) is 0 Å². The van der Waals surface area contributed by atoms with E-state index in [-0.39, 0.29) is 0 Å². The summed E-state index contributed by atoms with van der Waals surface area (Å²) in [6.07, 6.45) is 5.56. The van der Waals surface area contributed by atoms with Crippen LogP contribution >= 0.6 is 0 Å². The number of rotatable bonds is 1. The quantitative estimate of drug-likeness (QED) is 0.629. The number of aromatic nitrogens is 3. The Morgan fingerprint density at radius 2 is 2.50 bits per heavy atom. The minimum atomic E-state index is 0.696. The largest absolute Gasteiger partial charge is 0.440 e. The van der Waals surface area contributed by atoms with Crippen LogP contribution in [0, 0.1) is 6.39 Å². The van der Waals surface area contributed by atoms with Crippen molar-refractivity contribution in [1.82, 2.24) is 15.2 Å². The summed E-state index contributed by atoms with van der Waals surface area (Å²) in [6, 6.07) is 1.81. The fraction of sp³-hybridized carbons (Fsp3) is 0. The van der Waals surface area contributed by atoms with Crippen molar-refractivity contribution in [2.45, 2.75) is 0 Å². The highest BCUT2D eigenvalue weighted by molar-refractivity contribution is 5.50. The Labute approximate surface area is 56.9 Å². The number of oxazole rings is 1. The van der Waals surface area contributed by atoms with E-state index >= 15 is 0 Å². The predicted molar refractivity (Wildman–Crippen MR) is 32.9 cm³/mol. The molecule has 2 heterocycles. The second-order valence-corrected chi connectivity index (χ2v) is 1.78. The van der Waals surface area contributed by atoms with Gasteiger partial charge in [-0.15, -0.1) is 0 Å². The van der Waals surface area contributed by atoms with Crippen LogP contribution in [-0.4, -0.2) is 15.2 Å². The number of hydrogen-bond acceptors (Lipinski definition) is 3. The molecule has 0 spiro atoms. The summed E-state index contributed by atoms with van der Waals surface area (Å²) >= 11 is 0. The zero-order valence-electron chi connectivity index (χ0n) is 5.03. The van der Waals surface area contributed by atoms with Crippen molar-refractivity contribution in [2.75, 3.05) is 0 Å². The van der Waals surface area contributed by atoms with Gasteiger partial charge >= 0.3 is 0 Å². The molecular weight excluding hydrogens is 130 g/mol. The number of nitrogens with one attached hydrogen (secondary N) is 1. The van der Waals surface area contributed by atoms with Crippen molar-refractivity contribution in [1.29, 1.82) is 0 Å². The molecule has 0 saturated heterocycles. The lowest BCUT2D eigenvalue weighted by molar-refractivity contribution is 0.548. The number of H-pyrrole nitrogens is 1. The van der Waals surface area contributed by atoms with Crippen molar-refractivity contribution < 1.29 is 4.42 Å². The van der Waals surface area contributed by atoms with E-state index in [9.17, 15) is 0 Å². The van der Waals surface area contributed by atoms with Crippen LogP contribution in [-0.2, 0) is 0 Å². The Kier molecular flexibility index (Phi) is 1.04. The summed E-state index contributed by atoms with van der Waals surface area (Å²) in [7, 11) is 0. The first-order valence-corrected chi connectivity index (χ1v) is 2.78. The smallest absolute Gasteiger partial charge is 0.284 e. The average molecular weight is 134 g/mol. The molecule has 2 rings (SSSR count). The van der Waals surface area contributed by atoms with Gasteiger partial charge in [-0.25, -0.2) is 4.98 Å².